The second kappa shape index (κ2) is 9.31. The van der Waals surface area contributed by atoms with Gasteiger partial charge in [0, 0.05) is 23.6 Å². The number of carbonyl (C=O) groups is 3. The highest BCUT2D eigenvalue weighted by Crippen LogP contribution is 2.26. The van der Waals surface area contributed by atoms with E-state index in [0.717, 1.165) is 27.9 Å². The van der Waals surface area contributed by atoms with Crippen LogP contribution in [0.2, 0.25) is 5.02 Å². The largest absolute Gasteiger partial charge is 0.342 e. The van der Waals surface area contributed by atoms with Crippen molar-refractivity contribution in [3.63, 3.8) is 0 Å². The molecule has 0 spiro atoms. The van der Waals surface area contributed by atoms with Gasteiger partial charge in [-0.3, -0.25) is 14.4 Å². The van der Waals surface area contributed by atoms with Crippen LogP contribution >= 0.6 is 11.6 Å². The highest BCUT2D eigenvalue weighted by molar-refractivity contribution is 6.40. The fourth-order valence-corrected chi connectivity index (χ4v) is 3.63. The van der Waals surface area contributed by atoms with Gasteiger partial charge in [-0.1, -0.05) is 35.4 Å². The molecule has 0 saturated carbocycles. The molecule has 0 saturated heterocycles. The number of aryl methyl sites for hydroxylation is 4. The molecule has 1 heterocycles. The minimum absolute atomic E-state index is 0.145. The molecule has 0 bridgehead atoms. The minimum atomic E-state index is -0.483. The van der Waals surface area contributed by atoms with Crippen molar-refractivity contribution in [3.05, 3.63) is 57.6 Å². The molecule has 0 aliphatic carbocycles. The topological polar surface area (TPSA) is 90.9 Å². The molecule has 2 N–H and O–H groups in total. The van der Waals surface area contributed by atoms with Crippen molar-refractivity contribution in [1.82, 2.24) is 5.32 Å². The molecule has 3 rings (SSSR count). The summed E-state index contributed by atoms with van der Waals surface area (Å²) in [5.74, 6) is -1.04. The zero-order chi connectivity index (χ0) is 22.7. The summed E-state index contributed by atoms with van der Waals surface area (Å²) in [7, 11) is 0. The van der Waals surface area contributed by atoms with Crippen LogP contribution in [0.15, 0.2) is 35.4 Å². The predicted molar refractivity (Wildman–Crippen MR) is 123 cm³/mol. The van der Waals surface area contributed by atoms with Crippen LogP contribution < -0.4 is 15.6 Å². The average molecular weight is 441 g/mol. The molecule has 0 radical (unpaired) electrons. The molecule has 8 heteroatoms. The number of anilines is 2. The molecule has 7 nitrogen and oxygen atoms in total. The lowest BCUT2D eigenvalue weighted by Crippen LogP contribution is -2.41. The van der Waals surface area contributed by atoms with E-state index in [1.807, 2.05) is 39.8 Å². The van der Waals surface area contributed by atoms with Crippen LogP contribution in [0, 0.1) is 27.7 Å². The number of nitrogens with one attached hydrogen (secondary N) is 2. The number of carbonyl (C=O) groups excluding carboxylic acids is 3. The Morgan fingerprint density at radius 3 is 2.35 bits per heavy atom. The van der Waals surface area contributed by atoms with E-state index >= 15 is 0 Å². The lowest BCUT2D eigenvalue weighted by molar-refractivity contribution is -0.120. The van der Waals surface area contributed by atoms with Gasteiger partial charge in [0.2, 0.25) is 11.8 Å². The monoisotopic (exact) mass is 440 g/mol. The maximum absolute atomic E-state index is 12.6. The summed E-state index contributed by atoms with van der Waals surface area (Å²) in [6, 6.07) is 9.12. The van der Waals surface area contributed by atoms with Crippen LogP contribution in [0.5, 0.6) is 0 Å². The Morgan fingerprint density at radius 1 is 1.03 bits per heavy atom. The van der Waals surface area contributed by atoms with Crippen LogP contribution in [0.25, 0.3) is 0 Å². The van der Waals surface area contributed by atoms with Crippen LogP contribution in [0.3, 0.4) is 0 Å². The maximum atomic E-state index is 12.6. The van der Waals surface area contributed by atoms with E-state index in [2.05, 4.69) is 15.7 Å². The highest BCUT2D eigenvalue weighted by atomic mass is 35.5. The molecular weight excluding hydrogens is 416 g/mol. The van der Waals surface area contributed by atoms with Crippen molar-refractivity contribution < 1.29 is 14.4 Å². The quantitative estimate of drug-likeness (QED) is 0.740. The lowest BCUT2D eigenvalue weighted by atomic mass is 10.1. The van der Waals surface area contributed by atoms with E-state index in [1.54, 1.807) is 18.2 Å². The number of hydrazone groups is 1. The zero-order valence-corrected chi connectivity index (χ0v) is 18.8. The number of hydrogen-bond acceptors (Lipinski definition) is 4. The van der Waals surface area contributed by atoms with Gasteiger partial charge in [-0.05, 0) is 56.5 Å². The Kier molecular flexibility index (Phi) is 6.75. The molecule has 162 valence electrons. The lowest BCUT2D eigenvalue weighted by Gasteiger charge is -2.23. The van der Waals surface area contributed by atoms with E-state index in [4.69, 9.17) is 11.6 Å². The first kappa shape index (κ1) is 22.5. The Hall–Kier alpha value is -3.19. The second-order valence-corrected chi connectivity index (χ2v) is 8.10. The fourth-order valence-electron chi connectivity index (χ4n) is 3.46. The maximum Gasteiger partial charge on any atom is 0.267 e. The van der Waals surface area contributed by atoms with Crippen molar-refractivity contribution in [3.8, 4) is 0 Å². The van der Waals surface area contributed by atoms with Gasteiger partial charge in [-0.15, -0.1) is 0 Å². The summed E-state index contributed by atoms with van der Waals surface area (Å²) in [5, 5.41) is 11.3. The molecule has 0 atom stereocenters. The predicted octanol–water partition coefficient (Wildman–Crippen LogP) is 3.81. The summed E-state index contributed by atoms with van der Waals surface area (Å²) in [5.41, 5.74) is 5.33. The van der Waals surface area contributed by atoms with Gasteiger partial charge in [-0.25, -0.2) is 5.01 Å². The molecule has 2 aromatic carbocycles. The summed E-state index contributed by atoms with van der Waals surface area (Å²) in [6.45, 7) is 7.50. The van der Waals surface area contributed by atoms with E-state index in [9.17, 15) is 14.4 Å². The summed E-state index contributed by atoms with van der Waals surface area (Å²) >= 11 is 6.15. The SMILES string of the molecule is Cc1cc(C)c(NC(=O)CNC(=O)C2=NN(c3ccc(C)c(Cl)c3)C(=O)CC2)c(C)c1. The fraction of sp³-hybridized carbons (Fsp3) is 0.304. The second-order valence-electron chi connectivity index (χ2n) is 7.69. The van der Waals surface area contributed by atoms with Gasteiger partial charge < -0.3 is 10.6 Å². The summed E-state index contributed by atoms with van der Waals surface area (Å²) < 4.78 is 0. The number of amides is 3. The van der Waals surface area contributed by atoms with Gasteiger partial charge in [0.25, 0.3) is 5.91 Å². The molecule has 31 heavy (non-hydrogen) atoms. The van der Waals surface area contributed by atoms with E-state index in [-0.39, 0.29) is 36.9 Å². The van der Waals surface area contributed by atoms with E-state index < -0.39 is 5.91 Å². The molecular formula is C23H25ClN4O3. The van der Waals surface area contributed by atoms with Gasteiger partial charge >= 0.3 is 0 Å². The van der Waals surface area contributed by atoms with Gasteiger partial charge in [0.15, 0.2) is 0 Å². The standard InChI is InChI=1S/C23H25ClN4O3/c1-13-9-15(3)22(16(4)10-13)26-20(29)12-25-23(31)19-7-8-21(30)28(27-19)17-6-5-14(2)18(24)11-17/h5-6,9-11H,7-8,12H2,1-4H3,(H,25,31)(H,26,29). The van der Waals surface area contributed by atoms with Crippen molar-refractivity contribution in [2.45, 2.75) is 40.5 Å². The van der Waals surface area contributed by atoms with Gasteiger partial charge in [-0.2, -0.15) is 5.10 Å². The van der Waals surface area contributed by atoms with E-state index in [1.165, 1.54) is 5.01 Å². The number of halogens is 1. The molecule has 2 aromatic rings. The number of rotatable bonds is 5. The van der Waals surface area contributed by atoms with Crippen molar-refractivity contribution in [2.75, 3.05) is 16.9 Å². The van der Waals surface area contributed by atoms with Crippen molar-refractivity contribution in [2.24, 2.45) is 5.10 Å². The molecule has 0 unspecified atom stereocenters. The first-order valence-corrected chi connectivity index (χ1v) is 10.4. The number of benzene rings is 2. The molecule has 0 fully saturated rings. The summed E-state index contributed by atoms with van der Waals surface area (Å²) in [6.07, 6.45) is 0.351. The minimum Gasteiger partial charge on any atom is -0.342 e. The normalized spacial score (nSPS) is 13.6. The molecule has 0 aromatic heterocycles. The average Bonchev–Trinajstić information content (AvgIpc) is 2.71. The third-order valence-corrected chi connectivity index (χ3v) is 5.45. The Balaban J connectivity index is 1.66. The van der Waals surface area contributed by atoms with Crippen molar-refractivity contribution >= 4 is 46.4 Å². The van der Waals surface area contributed by atoms with Crippen LogP contribution in [-0.2, 0) is 14.4 Å². The molecule has 1 aliphatic rings. The molecule has 3 amide bonds. The smallest absolute Gasteiger partial charge is 0.267 e. The number of hydrogen-bond donors (Lipinski definition) is 2. The van der Waals surface area contributed by atoms with Gasteiger partial charge in [0.05, 0.1) is 12.2 Å². The summed E-state index contributed by atoms with van der Waals surface area (Å²) in [4.78, 5) is 37.2. The van der Waals surface area contributed by atoms with Gasteiger partial charge in [0.1, 0.15) is 5.71 Å². The van der Waals surface area contributed by atoms with Crippen LogP contribution in [0.1, 0.15) is 35.1 Å². The third kappa shape index (κ3) is 5.30. The third-order valence-electron chi connectivity index (χ3n) is 5.05. The first-order chi connectivity index (χ1) is 14.7. The van der Waals surface area contributed by atoms with E-state index in [0.29, 0.717) is 10.7 Å². The van der Waals surface area contributed by atoms with Crippen LogP contribution in [0.4, 0.5) is 11.4 Å². The molecule has 1 aliphatic heterocycles. The Bertz CT molecular complexity index is 1070. The van der Waals surface area contributed by atoms with Crippen LogP contribution in [-0.4, -0.2) is 30.0 Å². The zero-order valence-electron chi connectivity index (χ0n) is 18.0. The number of nitrogens with zero attached hydrogens (tertiary/aromatic N) is 2. The Labute approximate surface area is 186 Å². The first-order valence-electron chi connectivity index (χ1n) is 9.98. The Morgan fingerprint density at radius 2 is 1.71 bits per heavy atom. The van der Waals surface area contributed by atoms with Crippen molar-refractivity contribution in [1.29, 1.82) is 0 Å². The highest BCUT2D eigenvalue weighted by Gasteiger charge is 2.26.